The summed E-state index contributed by atoms with van der Waals surface area (Å²) >= 11 is 6.87. The lowest BCUT2D eigenvalue weighted by atomic mass is 9.94. The Balaban J connectivity index is 1.36. The zero-order valence-corrected chi connectivity index (χ0v) is 25.9. The minimum absolute atomic E-state index is 0.0245. The number of alkyl halides is 5. The van der Waals surface area contributed by atoms with Gasteiger partial charge in [0.25, 0.3) is 5.92 Å². The van der Waals surface area contributed by atoms with Gasteiger partial charge in [0.2, 0.25) is 0 Å². The van der Waals surface area contributed by atoms with Crippen LogP contribution < -0.4 is 21.5 Å². The predicted molar refractivity (Wildman–Crippen MR) is 166 cm³/mol. The van der Waals surface area contributed by atoms with Crippen molar-refractivity contribution in [1.82, 2.24) is 19.8 Å². The number of pyridine rings is 2. The van der Waals surface area contributed by atoms with Crippen molar-refractivity contribution in [2.75, 3.05) is 43.1 Å². The second-order valence-corrected chi connectivity index (χ2v) is 12.6. The van der Waals surface area contributed by atoms with Gasteiger partial charge in [0.1, 0.15) is 36.5 Å². The summed E-state index contributed by atoms with van der Waals surface area (Å²) < 4.78 is 84.7. The van der Waals surface area contributed by atoms with E-state index in [0.29, 0.717) is 29.9 Å². The van der Waals surface area contributed by atoms with E-state index in [4.69, 9.17) is 32.5 Å². The van der Waals surface area contributed by atoms with Crippen LogP contribution >= 0.6 is 11.6 Å². The third-order valence-corrected chi connectivity index (χ3v) is 9.35. The van der Waals surface area contributed by atoms with Crippen molar-refractivity contribution in [2.45, 2.75) is 50.4 Å². The molecule has 0 radical (unpaired) electrons. The van der Waals surface area contributed by atoms with Crippen LogP contribution in [0.15, 0.2) is 47.6 Å². The molecule has 0 aliphatic carbocycles. The highest BCUT2D eigenvalue weighted by Crippen LogP contribution is 2.49. The highest BCUT2D eigenvalue weighted by Gasteiger charge is 2.57. The average molecular weight is 677 g/mol. The van der Waals surface area contributed by atoms with Gasteiger partial charge in [0.15, 0.2) is 0 Å². The highest BCUT2D eigenvalue weighted by molar-refractivity contribution is 6.37. The molecule has 47 heavy (non-hydrogen) atoms. The number of benzene rings is 1. The Labute approximate surface area is 271 Å². The van der Waals surface area contributed by atoms with Crippen LogP contribution in [-0.4, -0.2) is 63.4 Å². The Morgan fingerprint density at radius 2 is 2.02 bits per heavy atom. The van der Waals surface area contributed by atoms with Gasteiger partial charge in [-0.2, -0.15) is 13.2 Å². The first-order valence-corrected chi connectivity index (χ1v) is 15.2. The summed E-state index contributed by atoms with van der Waals surface area (Å²) in [6.45, 7) is 1.54. The number of hydrogen-bond acceptors (Lipinski definition) is 10. The molecule has 5 N–H and O–H groups in total. The fourth-order valence-electron chi connectivity index (χ4n) is 6.99. The molecule has 6 heterocycles. The van der Waals surface area contributed by atoms with E-state index in [1.165, 1.54) is 19.2 Å². The van der Waals surface area contributed by atoms with E-state index >= 15 is 0 Å². The van der Waals surface area contributed by atoms with E-state index in [2.05, 4.69) is 20.3 Å². The van der Waals surface area contributed by atoms with Gasteiger partial charge in [-0.3, -0.25) is 4.90 Å². The van der Waals surface area contributed by atoms with Gasteiger partial charge in [-0.15, -0.1) is 0 Å². The summed E-state index contributed by atoms with van der Waals surface area (Å²) in [7, 11) is 0. The molecule has 1 aromatic carbocycles. The van der Waals surface area contributed by atoms with Crippen molar-refractivity contribution in [1.29, 1.82) is 0 Å². The number of fused-ring (bicyclic) bond motifs is 1. The maximum absolute atomic E-state index is 14.5. The molecule has 7 rings (SSSR count). The molecule has 4 aliphatic heterocycles. The van der Waals surface area contributed by atoms with Crippen molar-refractivity contribution in [3.8, 4) is 17.0 Å². The lowest BCUT2D eigenvalue weighted by Crippen LogP contribution is -2.42. The Kier molecular flexibility index (Phi) is 7.39. The molecule has 0 unspecified atom stereocenters. The number of rotatable bonds is 6. The third-order valence-electron chi connectivity index (χ3n) is 8.96. The van der Waals surface area contributed by atoms with Gasteiger partial charge in [0, 0.05) is 23.7 Å². The highest BCUT2D eigenvalue weighted by atomic mass is 35.5. The predicted octanol–water partition coefficient (Wildman–Crippen LogP) is 6.00. The second kappa shape index (κ2) is 11.1. The molecular formula is C31H30ClF5N8O2. The van der Waals surface area contributed by atoms with Crippen LogP contribution in [0.1, 0.15) is 41.5 Å². The van der Waals surface area contributed by atoms with Crippen molar-refractivity contribution < 1.29 is 31.4 Å². The van der Waals surface area contributed by atoms with Crippen LogP contribution in [0.5, 0.6) is 5.75 Å². The molecule has 248 valence electrons. The summed E-state index contributed by atoms with van der Waals surface area (Å²) in [5, 5.41) is 3.01. The van der Waals surface area contributed by atoms with E-state index < -0.39 is 28.9 Å². The minimum Gasteiger partial charge on any atom is -0.462 e. The van der Waals surface area contributed by atoms with Gasteiger partial charge < -0.3 is 31.2 Å². The van der Waals surface area contributed by atoms with Crippen LogP contribution in [0.25, 0.3) is 11.3 Å². The number of aromatic nitrogens is 2. The summed E-state index contributed by atoms with van der Waals surface area (Å²) in [5.74, 6) is -2.37. The van der Waals surface area contributed by atoms with Crippen LogP contribution in [0.4, 0.5) is 39.3 Å². The topological polar surface area (TPSA) is 127 Å². The molecule has 4 aliphatic rings. The van der Waals surface area contributed by atoms with Crippen molar-refractivity contribution >= 4 is 34.8 Å². The van der Waals surface area contributed by atoms with E-state index in [-0.39, 0.29) is 78.0 Å². The molecular weight excluding hydrogens is 647 g/mol. The van der Waals surface area contributed by atoms with Crippen LogP contribution in [0.2, 0.25) is 5.02 Å². The lowest BCUT2D eigenvalue weighted by Gasteiger charge is -2.31. The largest absolute Gasteiger partial charge is 0.462 e. The SMILES string of the molecule is Cc1cc(N)nc(-c2cc3c4c(c2Cl)NCN=C4N(Cc2cccnc2N)C=C(OC[C@@]24CCCN2CC(F)(F)C4)O3)c1C(F)(F)F. The number of amidine groups is 1. The molecule has 0 bridgehead atoms. The smallest absolute Gasteiger partial charge is 0.418 e. The maximum atomic E-state index is 14.5. The molecule has 2 fully saturated rings. The minimum atomic E-state index is -4.78. The van der Waals surface area contributed by atoms with Gasteiger partial charge in [-0.1, -0.05) is 17.7 Å². The number of aliphatic imine (C=N–C) groups is 1. The zero-order chi connectivity index (χ0) is 33.3. The van der Waals surface area contributed by atoms with Gasteiger partial charge in [-0.05, 0) is 50.1 Å². The number of nitrogen functional groups attached to an aromatic ring is 2. The monoisotopic (exact) mass is 676 g/mol. The molecule has 2 saturated heterocycles. The number of anilines is 3. The van der Waals surface area contributed by atoms with E-state index in [1.807, 2.05) is 0 Å². The lowest BCUT2D eigenvalue weighted by molar-refractivity contribution is -0.137. The average Bonchev–Trinajstić information content (AvgIpc) is 3.42. The Bertz CT molecular complexity index is 1830. The van der Waals surface area contributed by atoms with E-state index in [0.717, 1.165) is 12.5 Å². The Hall–Kier alpha value is -4.37. The van der Waals surface area contributed by atoms with Gasteiger partial charge >= 0.3 is 12.1 Å². The molecule has 3 aromatic rings. The van der Waals surface area contributed by atoms with E-state index in [1.54, 1.807) is 28.1 Å². The maximum Gasteiger partial charge on any atom is 0.418 e. The summed E-state index contributed by atoms with van der Waals surface area (Å²) in [6.07, 6.45) is -0.794. The number of nitrogens with two attached hydrogens (primary N) is 2. The van der Waals surface area contributed by atoms with Crippen molar-refractivity contribution in [3.05, 3.63) is 69.9 Å². The van der Waals surface area contributed by atoms with Crippen LogP contribution in [0.3, 0.4) is 0 Å². The standard InChI is InChI=1S/C31H30ClF5N8O2/c1-16-8-20(38)43-25(23(16)31(35,36)37)18-9-19-22-26(24(18)32)41-15-42-28(22)44(10-17-4-2-6-40-27(17)39)11-21(47-19)46-14-29-5-3-7-45(29)13-30(33,34)12-29/h2,4,6,8-9,11,41H,3,5,7,10,12-15H2,1H3,(H2,38,43)(H2,39,40)/t29-/m0/s1. The molecule has 10 nitrogen and oxygen atoms in total. The second-order valence-electron chi connectivity index (χ2n) is 12.2. The summed E-state index contributed by atoms with van der Waals surface area (Å²) in [6, 6.07) is 5.98. The Morgan fingerprint density at radius 1 is 1.21 bits per heavy atom. The Morgan fingerprint density at radius 3 is 2.79 bits per heavy atom. The van der Waals surface area contributed by atoms with E-state index in [9.17, 15) is 22.0 Å². The zero-order valence-electron chi connectivity index (χ0n) is 25.1. The molecule has 2 aromatic heterocycles. The molecule has 0 spiro atoms. The summed E-state index contributed by atoms with van der Waals surface area (Å²) in [4.78, 5) is 16.3. The molecule has 16 heteroatoms. The van der Waals surface area contributed by atoms with Crippen molar-refractivity contribution in [3.63, 3.8) is 0 Å². The quantitative estimate of drug-likeness (QED) is 0.270. The number of hydrogen-bond donors (Lipinski definition) is 3. The number of nitrogens with one attached hydrogen (secondary N) is 1. The number of halogens is 6. The fraction of sp³-hybridized carbons (Fsp3) is 0.387. The molecule has 1 atom stereocenters. The number of ether oxygens (including phenoxy) is 2. The van der Waals surface area contributed by atoms with Gasteiger partial charge in [0.05, 0.1) is 52.4 Å². The number of nitrogens with zero attached hydrogens (tertiary/aromatic N) is 5. The summed E-state index contributed by atoms with van der Waals surface area (Å²) in [5.41, 5.74) is 10.7. The first-order valence-electron chi connectivity index (χ1n) is 14.9. The number of aryl methyl sites for hydroxylation is 1. The molecule has 0 amide bonds. The van der Waals surface area contributed by atoms with Gasteiger partial charge in [-0.25, -0.2) is 23.7 Å². The first-order chi connectivity index (χ1) is 22.2. The van der Waals surface area contributed by atoms with Crippen LogP contribution in [-0.2, 0) is 17.5 Å². The van der Waals surface area contributed by atoms with Crippen LogP contribution in [0, 0.1) is 6.92 Å². The third kappa shape index (κ3) is 5.54. The van der Waals surface area contributed by atoms with Crippen molar-refractivity contribution in [2.24, 2.45) is 4.99 Å². The normalized spacial score (nSPS) is 21.6. The first kappa shape index (κ1) is 31.2. The fourth-order valence-corrected chi connectivity index (χ4v) is 7.29. The molecule has 0 saturated carbocycles.